The van der Waals surface area contributed by atoms with Crippen molar-refractivity contribution in [2.75, 3.05) is 0 Å². The van der Waals surface area contributed by atoms with Crippen LogP contribution in [0.5, 0.6) is 0 Å². The van der Waals surface area contributed by atoms with Crippen LogP contribution in [0.4, 0.5) is 0 Å². The largest absolute Gasteiger partial charge is 0.372 e. The van der Waals surface area contributed by atoms with Gasteiger partial charge in [-0.1, -0.05) is 42.5 Å². The Kier molecular flexibility index (Phi) is 11.8. The van der Waals surface area contributed by atoms with Crippen molar-refractivity contribution in [3.05, 3.63) is 84.9 Å². The smallest absolute Gasteiger partial charge is 0.121 e. The van der Waals surface area contributed by atoms with Gasteiger partial charge in [0.05, 0.1) is 17.8 Å². The van der Waals surface area contributed by atoms with Gasteiger partial charge in [0.2, 0.25) is 0 Å². The molecule has 1 rings (SSSR count). The van der Waals surface area contributed by atoms with Gasteiger partial charge >= 0.3 is 0 Å². The lowest BCUT2D eigenvalue weighted by Gasteiger charge is -1.91. The van der Waals surface area contributed by atoms with E-state index in [4.69, 9.17) is 10.1 Å². The van der Waals surface area contributed by atoms with Crippen molar-refractivity contribution in [2.24, 2.45) is 10.3 Å². The number of hydrogen-bond acceptors (Lipinski definition) is 5. The minimum absolute atomic E-state index is 0. The molecule has 1 N–H and O–H groups in total. The van der Waals surface area contributed by atoms with E-state index in [1.165, 1.54) is 12.5 Å². The first-order chi connectivity index (χ1) is 9.93. The molecule has 0 atom stereocenters. The first kappa shape index (κ1) is 18.2. The molecule has 1 heterocycles. The van der Waals surface area contributed by atoms with Crippen molar-refractivity contribution < 1.29 is 4.84 Å². The van der Waals surface area contributed by atoms with E-state index in [9.17, 15) is 0 Å². The van der Waals surface area contributed by atoms with E-state index in [1.807, 2.05) is 24.3 Å². The van der Waals surface area contributed by atoms with Gasteiger partial charge in [-0.15, -0.1) is 23.1 Å². The molecule has 6 heteroatoms. The molecule has 0 aromatic rings. The Morgan fingerprint density at radius 3 is 2.43 bits per heavy atom. The zero-order valence-electron chi connectivity index (χ0n) is 11.2. The Labute approximate surface area is 130 Å². The molecule has 0 aromatic carbocycles. The number of nitriles is 1. The van der Waals surface area contributed by atoms with E-state index in [0.717, 1.165) is 0 Å². The Morgan fingerprint density at radius 1 is 0.952 bits per heavy atom. The SMILES string of the molecule is Cl.N#CC1=C/C=C\C=C/C=C\C=C/ONN=N\C=C/C=C\1. The fourth-order valence-electron chi connectivity index (χ4n) is 1.05. The summed E-state index contributed by atoms with van der Waals surface area (Å²) in [4.78, 5) is 4.83. The molecule has 0 unspecified atom stereocenters. The van der Waals surface area contributed by atoms with Crippen LogP contribution in [-0.2, 0) is 4.84 Å². The fourth-order valence-corrected chi connectivity index (χ4v) is 1.05. The number of allylic oxidation sites excluding steroid dienone is 12. The lowest BCUT2D eigenvalue weighted by atomic mass is 10.2. The van der Waals surface area contributed by atoms with Crippen molar-refractivity contribution in [1.82, 2.24) is 5.59 Å². The monoisotopic (exact) mass is 302 g/mol. The number of nitrogens with one attached hydrogen (secondary N) is 1. The van der Waals surface area contributed by atoms with Gasteiger partial charge in [0.15, 0.2) is 0 Å². The number of rotatable bonds is 0. The molecule has 1 aliphatic heterocycles. The highest BCUT2D eigenvalue weighted by Crippen LogP contribution is 1.96. The zero-order valence-corrected chi connectivity index (χ0v) is 12.0. The maximum atomic E-state index is 8.91. The third-order valence-electron chi connectivity index (χ3n) is 1.91. The standard InChI is InChI=1S/C15H14N4O.ClH/c16-14-15-10-6-4-2-1-3-5-9-13-20-19-18-17-12-8-7-11-15;/h1-13H,(H,17,19);1H/b2-1-,5-3-,6-4-,11-7-,12-8-,13-9-,15-10+;. The Balaban J connectivity index is 0.00000400. The second-order valence-electron chi connectivity index (χ2n) is 3.34. The lowest BCUT2D eigenvalue weighted by molar-refractivity contribution is 0.131. The number of nitrogens with zero attached hydrogens (tertiary/aromatic N) is 3. The van der Waals surface area contributed by atoms with Crippen LogP contribution in [-0.4, -0.2) is 0 Å². The van der Waals surface area contributed by atoms with Gasteiger partial charge in [0.1, 0.15) is 6.26 Å². The summed E-state index contributed by atoms with van der Waals surface area (Å²) >= 11 is 0. The van der Waals surface area contributed by atoms with E-state index in [2.05, 4.69) is 22.0 Å². The van der Waals surface area contributed by atoms with Crippen molar-refractivity contribution in [1.29, 1.82) is 5.26 Å². The van der Waals surface area contributed by atoms with Crippen LogP contribution < -0.4 is 5.59 Å². The van der Waals surface area contributed by atoms with Gasteiger partial charge in [0, 0.05) is 0 Å². The van der Waals surface area contributed by atoms with Crippen LogP contribution in [0.3, 0.4) is 0 Å². The lowest BCUT2D eigenvalue weighted by Crippen LogP contribution is -1.98. The molecule has 0 fully saturated rings. The number of hydrogen-bond donors (Lipinski definition) is 1. The van der Waals surface area contributed by atoms with E-state index in [-0.39, 0.29) is 12.4 Å². The first-order valence-corrected chi connectivity index (χ1v) is 5.84. The Morgan fingerprint density at radius 2 is 1.67 bits per heavy atom. The molecule has 0 bridgehead atoms. The van der Waals surface area contributed by atoms with Crippen LogP contribution in [0.1, 0.15) is 0 Å². The maximum absolute atomic E-state index is 8.91. The summed E-state index contributed by atoms with van der Waals surface area (Å²) in [5.41, 5.74) is 2.82. The van der Waals surface area contributed by atoms with Gasteiger partial charge in [-0.3, -0.25) is 0 Å². The van der Waals surface area contributed by atoms with Crippen molar-refractivity contribution in [3.63, 3.8) is 0 Å². The van der Waals surface area contributed by atoms with Crippen LogP contribution >= 0.6 is 12.4 Å². The van der Waals surface area contributed by atoms with Crippen molar-refractivity contribution in [2.45, 2.75) is 0 Å². The summed E-state index contributed by atoms with van der Waals surface area (Å²) in [6.07, 6.45) is 22.3. The molecular formula is C15H15ClN4O. The summed E-state index contributed by atoms with van der Waals surface area (Å²) in [5.74, 6) is 0. The van der Waals surface area contributed by atoms with E-state index in [0.29, 0.717) is 5.57 Å². The predicted molar refractivity (Wildman–Crippen MR) is 84.9 cm³/mol. The van der Waals surface area contributed by atoms with Crippen molar-refractivity contribution >= 4 is 12.4 Å². The first-order valence-electron chi connectivity index (χ1n) is 5.84. The topological polar surface area (TPSA) is 69.8 Å². The molecule has 0 radical (unpaired) electrons. The van der Waals surface area contributed by atoms with E-state index in [1.54, 1.807) is 42.5 Å². The molecule has 0 saturated heterocycles. The predicted octanol–water partition coefficient (Wildman–Crippen LogP) is 4.01. The molecule has 108 valence electrons. The van der Waals surface area contributed by atoms with Crippen molar-refractivity contribution in [3.8, 4) is 6.07 Å². The van der Waals surface area contributed by atoms with Crippen LogP contribution in [0, 0.1) is 11.3 Å². The van der Waals surface area contributed by atoms with Gasteiger partial charge < -0.3 is 4.84 Å². The normalized spacial score (nSPS) is 26.5. The fraction of sp³-hybridized carbons (Fsp3) is 0. The van der Waals surface area contributed by atoms with Crippen LogP contribution in [0.15, 0.2) is 95.2 Å². The third kappa shape index (κ3) is 10.7. The van der Waals surface area contributed by atoms with Crippen LogP contribution in [0.2, 0.25) is 0 Å². The van der Waals surface area contributed by atoms with Gasteiger partial charge in [-0.05, 0) is 29.5 Å². The zero-order chi connectivity index (χ0) is 14.3. The van der Waals surface area contributed by atoms with Crippen LogP contribution in [0.25, 0.3) is 0 Å². The highest BCUT2D eigenvalue weighted by molar-refractivity contribution is 5.85. The number of halogens is 1. The molecule has 0 spiro atoms. The van der Waals surface area contributed by atoms with E-state index < -0.39 is 0 Å². The summed E-state index contributed by atoms with van der Waals surface area (Å²) in [7, 11) is 0. The molecule has 1 aliphatic rings. The highest BCUT2D eigenvalue weighted by atomic mass is 35.5. The maximum Gasteiger partial charge on any atom is 0.121 e. The molecule has 0 saturated carbocycles. The molecule has 0 aliphatic carbocycles. The highest BCUT2D eigenvalue weighted by Gasteiger charge is 1.83. The van der Waals surface area contributed by atoms with Gasteiger partial charge in [0.25, 0.3) is 0 Å². The summed E-state index contributed by atoms with van der Waals surface area (Å²) in [5, 5.41) is 16.1. The van der Waals surface area contributed by atoms with Gasteiger partial charge in [-0.2, -0.15) is 5.26 Å². The minimum Gasteiger partial charge on any atom is -0.372 e. The van der Waals surface area contributed by atoms with E-state index >= 15 is 0 Å². The molecule has 0 aromatic heterocycles. The Bertz CT molecular complexity index is 561. The summed E-state index contributed by atoms with van der Waals surface area (Å²) in [6, 6.07) is 2.08. The minimum atomic E-state index is 0. The molecular weight excluding hydrogens is 288 g/mol. The summed E-state index contributed by atoms with van der Waals surface area (Å²) in [6.45, 7) is 0. The molecule has 21 heavy (non-hydrogen) atoms. The molecule has 0 amide bonds. The third-order valence-corrected chi connectivity index (χ3v) is 1.91. The Hall–Kier alpha value is -2.84. The second-order valence-corrected chi connectivity index (χ2v) is 3.34. The second kappa shape index (κ2) is 13.6. The average molecular weight is 303 g/mol. The van der Waals surface area contributed by atoms with Gasteiger partial charge in [-0.25, -0.2) is 0 Å². The average Bonchev–Trinajstić information content (AvgIpc) is 2.47. The quantitative estimate of drug-likeness (QED) is 0.735. The molecule has 5 nitrogen and oxygen atoms in total. The summed E-state index contributed by atoms with van der Waals surface area (Å²) < 4.78 is 0.